The molecule has 24 heavy (non-hydrogen) atoms. The standard InChI is InChI=1S/C17H14BrClN2O3/c1-11(22)21-17(12-2-4-13(18)5-3-12)24-16(20-21)10-23-15-8-6-14(19)7-9-15/h2-9,17H,10H2,1H3. The Morgan fingerprint density at radius 3 is 2.54 bits per heavy atom. The van der Waals surface area contributed by atoms with E-state index in [0.29, 0.717) is 16.7 Å². The van der Waals surface area contributed by atoms with Crippen LogP contribution in [0.4, 0.5) is 0 Å². The van der Waals surface area contributed by atoms with Gasteiger partial charge < -0.3 is 9.47 Å². The zero-order chi connectivity index (χ0) is 17.1. The van der Waals surface area contributed by atoms with Gasteiger partial charge in [0.1, 0.15) is 5.75 Å². The molecule has 2 aromatic carbocycles. The molecule has 7 heteroatoms. The molecular weight excluding hydrogens is 396 g/mol. The molecule has 1 unspecified atom stereocenters. The fraction of sp³-hybridized carbons (Fsp3) is 0.176. The second-order valence-electron chi connectivity index (χ2n) is 5.12. The first kappa shape index (κ1) is 16.8. The van der Waals surface area contributed by atoms with Crippen molar-refractivity contribution in [3.8, 4) is 5.75 Å². The summed E-state index contributed by atoms with van der Waals surface area (Å²) in [6.45, 7) is 1.57. The molecule has 0 N–H and O–H groups in total. The largest absolute Gasteiger partial charge is 0.484 e. The Balaban J connectivity index is 1.70. The molecule has 1 amide bonds. The molecule has 0 radical (unpaired) electrons. The van der Waals surface area contributed by atoms with Gasteiger partial charge in [0, 0.05) is 22.0 Å². The normalized spacial score (nSPS) is 16.5. The topological polar surface area (TPSA) is 51.1 Å². The zero-order valence-electron chi connectivity index (χ0n) is 12.8. The predicted molar refractivity (Wildman–Crippen MR) is 94.9 cm³/mol. The molecule has 0 aliphatic carbocycles. The van der Waals surface area contributed by atoms with Crippen molar-refractivity contribution < 1.29 is 14.3 Å². The molecule has 3 rings (SSSR count). The summed E-state index contributed by atoms with van der Waals surface area (Å²) in [4.78, 5) is 11.8. The number of hydrogen-bond acceptors (Lipinski definition) is 4. The Labute approximate surface area is 152 Å². The van der Waals surface area contributed by atoms with Crippen molar-refractivity contribution in [2.45, 2.75) is 13.2 Å². The van der Waals surface area contributed by atoms with Gasteiger partial charge in [-0.15, -0.1) is 5.10 Å². The first-order chi connectivity index (χ1) is 11.5. The number of hydrazone groups is 1. The third-order valence-electron chi connectivity index (χ3n) is 3.34. The first-order valence-electron chi connectivity index (χ1n) is 7.21. The Bertz CT molecular complexity index is 762. The van der Waals surface area contributed by atoms with Crippen LogP contribution in [0.2, 0.25) is 5.02 Å². The van der Waals surface area contributed by atoms with Gasteiger partial charge in [-0.1, -0.05) is 39.7 Å². The van der Waals surface area contributed by atoms with E-state index in [1.807, 2.05) is 24.3 Å². The zero-order valence-corrected chi connectivity index (χ0v) is 15.1. The molecule has 5 nitrogen and oxygen atoms in total. The lowest BCUT2D eigenvalue weighted by Crippen LogP contribution is -2.25. The average molecular weight is 410 g/mol. The highest BCUT2D eigenvalue weighted by Crippen LogP contribution is 2.29. The lowest BCUT2D eigenvalue weighted by atomic mass is 10.2. The molecular formula is C17H14BrClN2O3. The Hall–Kier alpha value is -2.05. The maximum atomic E-state index is 11.8. The SMILES string of the molecule is CC(=O)N1N=C(COc2ccc(Cl)cc2)OC1c1ccc(Br)cc1. The van der Waals surface area contributed by atoms with Crippen LogP contribution in [-0.4, -0.2) is 23.4 Å². The predicted octanol–water partition coefficient (Wildman–Crippen LogP) is 4.37. The minimum absolute atomic E-state index is 0.123. The van der Waals surface area contributed by atoms with Crippen LogP contribution in [0.3, 0.4) is 0 Å². The second-order valence-corrected chi connectivity index (χ2v) is 6.47. The molecule has 1 heterocycles. The molecule has 0 spiro atoms. The van der Waals surface area contributed by atoms with Gasteiger partial charge in [0.25, 0.3) is 0 Å². The number of halogens is 2. The molecule has 0 aromatic heterocycles. The quantitative estimate of drug-likeness (QED) is 0.753. The monoisotopic (exact) mass is 408 g/mol. The van der Waals surface area contributed by atoms with Crippen molar-refractivity contribution in [3.63, 3.8) is 0 Å². The number of carbonyl (C=O) groups is 1. The van der Waals surface area contributed by atoms with Crippen molar-refractivity contribution in [2.75, 3.05) is 6.61 Å². The summed E-state index contributed by atoms with van der Waals surface area (Å²) in [5.74, 6) is 0.782. The van der Waals surface area contributed by atoms with E-state index in [9.17, 15) is 4.79 Å². The first-order valence-corrected chi connectivity index (χ1v) is 8.38. The van der Waals surface area contributed by atoms with E-state index in [-0.39, 0.29) is 12.5 Å². The van der Waals surface area contributed by atoms with Gasteiger partial charge in [-0.05, 0) is 36.4 Å². The summed E-state index contributed by atoms with van der Waals surface area (Å²) in [7, 11) is 0. The maximum absolute atomic E-state index is 11.8. The summed E-state index contributed by atoms with van der Waals surface area (Å²) in [6.07, 6.45) is -0.584. The number of ether oxygens (including phenoxy) is 2. The molecule has 0 saturated carbocycles. The van der Waals surface area contributed by atoms with Gasteiger partial charge in [0.05, 0.1) is 0 Å². The second kappa shape index (κ2) is 7.23. The van der Waals surface area contributed by atoms with Gasteiger partial charge in [-0.25, -0.2) is 0 Å². The average Bonchev–Trinajstić information content (AvgIpc) is 3.00. The minimum atomic E-state index is -0.584. The summed E-state index contributed by atoms with van der Waals surface area (Å²) >= 11 is 9.23. The number of rotatable bonds is 4. The van der Waals surface area contributed by atoms with E-state index < -0.39 is 6.23 Å². The number of nitrogens with zero attached hydrogens (tertiary/aromatic N) is 2. The van der Waals surface area contributed by atoms with Crippen LogP contribution in [0.15, 0.2) is 58.1 Å². The fourth-order valence-corrected chi connectivity index (χ4v) is 2.58. The van der Waals surface area contributed by atoms with Crippen molar-refractivity contribution >= 4 is 39.3 Å². The molecule has 0 fully saturated rings. The smallest absolute Gasteiger partial charge is 0.247 e. The van der Waals surface area contributed by atoms with Gasteiger partial charge in [-0.2, -0.15) is 5.01 Å². The van der Waals surface area contributed by atoms with Crippen molar-refractivity contribution in [1.82, 2.24) is 5.01 Å². The van der Waals surface area contributed by atoms with Crippen molar-refractivity contribution in [1.29, 1.82) is 0 Å². The number of benzene rings is 2. The van der Waals surface area contributed by atoms with E-state index in [2.05, 4.69) is 21.0 Å². The molecule has 1 aliphatic heterocycles. The summed E-state index contributed by atoms with van der Waals surface area (Å²) in [5.41, 5.74) is 0.832. The molecule has 1 atom stereocenters. The van der Waals surface area contributed by atoms with Gasteiger partial charge in [-0.3, -0.25) is 4.79 Å². The lowest BCUT2D eigenvalue weighted by Gasteiger charge is -2.19. The van der Waals surface area contributed by atoms with Crippen molar-refractivity contribution in [2.24, 2.45) is 5.10 Å². The van der Waals surface area contributed by atoms with Crippen LogP contribution in [0.5, 0.6) is 5.75 Å². The van der Waals surface area contributed by atoms with Crippen LogP contribution in [-0.2, 0) is 9.53 Å². The number of hydrogen-bond donors (Lipinski definition) is 0. The van der Waals surface area contributed by atoms with E-state index in [4.69, 9.17) is 21.1 Å². The highest BCUT2D eigenvalue weighted by atomic mass is 79.9. The molecule has 2 aromatic rings. The van der Waals surface area contributed by atoms with Crippen LogP contribution in [0.1, 0.15) is 18.7 Å². The summed E-state index contributed by atoms with van der Waals surface area (Å²) in [6, 6.07) is 14.5. The Kier molecular flexibility index (Phi) is 5.06. The third-order valence-corrected chi connectivity index (χ3v) is 4.12. The highest BCUT2D eigenvalue weighted by Gasteiger charge is 2.32. The summed E-state index contributed by atoms with van der Waals surface area (Å²) in [5, 5.41) is 6.16. The van der Waals surface area contributed by atoms with Gasteiger partial charge in [0.2, 0.25) is 18.0 Å². The highest BCUT2D eigenvalue weighted by molar-refractivity contribution is 9.10. The van der Waals surface area contributed by atoms with Crippen LogP contribution >= 0.6 is 27.5 Å². The lowest BCUT2D eigenvalue weighted by molar-refractivity contribution is -0.135. The van der Waals surface area contributed by atoms with Crippen LogP contribution in [0.25, 0.3) is 0 Å². The van der Waals surface area contributed by atoms with E-state index in [1.54, 1.807) is 24.3 Å². The number of carbonyl (C=O) groups excluding carboxylic acids is 1. The van der Waals surface area contributed by atoms with E-state index >= 15 is 0 Å². The Morgan fingerprint density at radius 2 is 1.92 bits per heavy atom. The third kappa shape index (κ3) is 3.88. The van der Waals surface area contributed by atoms with Gasteiger partial charge in [0.15, 0.2) is 6.61 Å². The van der Waals surface area contributed by atoms with Crippen LogP contribution < -0.4 is 4.74 Å². The fourth-order valence-electron chi connectivity index (χ4n) is 2.19. The number of amides is 1. The molecule has 124 valence electrons. The Morgan fingerprint density at radius 1 is 1.25 bits per heavy atom. The minimum Gasteiger partial charge on any atom is -0.484 e. The van der Waals surface area contributed by atoms with E-state index in [1.165, 1.54) is 11.9 Å². The molecule has 0 bridgehead atoms. The maximum Gasteiger partial charge on any atom is 0.247 e. The van der Waals surface area contributed by atoms with Crippen molar-refractivity contribution in [3.05, 3.63) is 63.6 Å². The summed E-state index contributed by atoms with van der Waals surface area (Å²) < 4.78 is 12.4. The van der Waals surface area contributed by atoms with Crippen LogP contribution in [0, 0.1) is 0 Å². The van der Waals surface area contributed by atoms with E-state index in [0.717, 1.165) is 10.0 Å². The molecule has 1 aliphatic rings. The molecule has 0 saturated heterocycles. The van der Waals surface area contributed by atoms with Gasteiger partial charge >= 0.3 is 0 Å².